The number of nitrogens with zero attached hydrogens (tertiary/aromatic N) is 2. The van der Waals surface area contributed by atoms with Gasteiger partial charge in [0.05, 0.1) is 26.7 Å². The van der Waals surface area contributed by atoms with Crippen LogP contribution in [0.1, 0.15) is 36.2 Å². The molecule has 0 bridgehead atoms. The van der Waals surface area contributed by atoms with E-state index in [0.717, 1.165) is 30.8 Å². The van der Waals surface area contributed by atoms with E-state index >= 15 is 0 Å². The van der Waals surface area contributed by atoms with E-state index in [9.17, 15) is 0 Å². The maximum absolute atomic E-state index is 5.34. The average Bonchev–Trinajstić information content (AvgIpc) is 3.17. The maximum atomic E-state index is 5.34. The minimum absolute atomic E-state index is 0.230. The van der Waals surface area contributed by atoms with Crippen molar-refractivity contribution in [3.05, 3.63) is 35.5 Å². The van der Waals surface area contributed by atoms with Gasteiger partial charge in [-0.25, -0.2) is 0 Å². The van der Waals surface area contributed by atoms with Crippen molar-refractivity contribution in [2.45, 2.75) is 25.3 Å². The predicted octanol–water partition coefficient (Wildman–Crippen LogP) is 2.10. The number of nitrogens with one attached hydrogen (secondary N) is 1. The number of methoxy groups -OCH3 is 2. The van der Waals surface area contributed by atoms with E-state index in [4.69, 9.17) is 14.0 Å². The molecule has 6 heteroatoms. The first kappa shape index (κ1) is 13.9. The van der Waals surface area contributed by atoms with Crippen LogP contribution in [-0.4, -0.2) is 30.9 Å². The Balaban J connectivity index is 1.74. The summed E-state index contributed by atoms with van der Waals surface area (Å²) in [4.78, 5) is 4.47. The summed E-state index contributed by atoms with van der Waals surface area (Å²) in [5, 5.41) is 7.43. The Morgan fingerprint density at radius 1 is 1.29 bits per heavy atom. The van der Waals surface area contributed by atoms with E-state index in [0.29, 0.717) is 23.8 Å². The van der Waals surface area contributed by atoms with Gasteiger partial charge in [0.1, 0.15) is 0 Å². The molecule has 6 nitrogen and oxygen atoms in total. The maximum Gasteiger partial charge on any atom is 0.231 e. The first-order chi connectivity index (χ1) is 10.3. The molecule has 1 unspecified atom stereocenters. The van der Waals surface area contributed by atoms with Crippen molar-refractivity contribution in [2.75, 3.05) is 20.8 Å². The highest BCUT2D eigenvalue weighted by Crippen LogP contribution is 2.28. The van der Waals surface area contributed by atoms with Crippen LogP contribution in [0.2, 0.25) is 0 Å². The summed E-state index contributed by atoms with van der Waals surface area (Å²) < 4.78 is 15.9. The molecule has 112 valence electrons. The van der Waals surface area contributed by atoms with Gasteiger partial charge in [-0.3, -0.25) is 0 Å². The van der Waals surface area contributed by atoms with Crippen molar-refractivity contribution in [2.24, 2.45) is 0 Å². The number of rotatable bonds is 5. The molecule has 1 aliphatic heterocycles. The minimum Gasteiger partial charge on any atom is -0.493 e. The summed E-state index contributed by atoms with van der Waals surface area (Å²) in [5.41, 5.74) is 1.04. The molecule has 0 aliphatic carbocycles. The molecule has 1 atom stereocenters. The summed E-state index contributed by atoms with van der Waals surface area (Å²) in [6.07, 6.45) is 2.81. The van der Waals surface area contributed by atoms with Crippen LogP contribution in [-0.2, 0) is 6.42 Å². The lowest BCUT2D eigenvalue weighted by atomic mass is 10.1. The van der Waals surface area contributed by atoms with E-state index in [2.05, 4.69) is 15.5 Å². The second-order valence-electron chi connectivity index (χ2n) is 5.06. The van der Waals surface area contributed by atoms with Crippen molar-refractivity contribution in [3.8, 4) is 11.5 Å². The first-order valence-electron chi connectivity index (χ1n) is 7.07. The highest BCUT2D eigenvalue weighted by atomic mass is 16.5. The molecule has 21 heavy (non-hydrogen) atoms. The molecule has 2 aromatic rings. The van der Waals surface area contributed by atoms with Crippen molar-refractivity contribution in [1.82, 2.24) is 15.5 Å². The third-order valence-electron chi connectivity index (χ3n) is 3.66. The van der Waals surface area contributed by atoms with Gasteiger partial charge < -0.3 is 19.3 Å². The van der Waals surface area contributed by atoms with Gasteiger partial charge in [0.2, 0.25) is 5.89 Å². The molecular weight excluding hydrogens is 270 g/mol. The minimum atomic E-state index is 0.230. The van der Waals surface area contributed by atoms with Gasteiger partial charge in [0, 0.05) is 0 Å². The normalized spacial score (nSPS) is 17.9. The van der Waals surface area contributed by atoms with E-state index in [1.807, 2.05) is 18.2 Å². The molecule has 0 spiro atoms. The second kappa shape index (κ2) is 6.13. The van der Waals surface area contributed by atoms with Crippen LogP contribution in [0.4, 0.5) is 0 Å². The van der Waals surface area contributed by atoms with Crippen molar-refractivity contribution < 1.29 is 14.0 Å². The van der Waals surface area contributed by atoms with Crippen molar-refractivity contribution in [3.63, 3.8) is 0 Å². The molecule has 0 amide bonds. The molecule has 0 radical (unpaired) electrons. The number of hydrogen-bond donors (Lipinski definition) is 1. The molecule has 1 fully saturated rings. The molecule has 0 saturated carbocycles. The molecule has 1 aliphatic rings. The van der Waals surface area contributed by atoms with Crippen LogP contribution in [0, 0.1) is 0 Å². The summed E-state index contributed by atoms with van der Waals surface area (Å²) in [6, 6.07) is 6.01. The SMILES string of the molecule is COc1ccc(Cc2nc(C3CCCN3)no2)cc1OC. The fourth-order valence-electron chi connectivity index (χ4n) is 2.55. The zero-order valence-corrected chi connectivity index (χ0v) is 12.3. The Labute approximate surface area is 123 Å². The summed E-state index contributed by atoms with van der Waals surface area (Å²) in [5.74, 6) is 2.78. The Morgan fingerprint density at radius 2 is 2.14 bits per heavy atom. The van der Waals surface area contributed by atoms with Gasteiger partial charge in [-0.2, -0.15) is 4.98 Å². The first-order valence-corrected chi connectivity index (χ1v) is 7.07. The van der Waals surface area contributed by atoms with E-state index in [1.165, 1.54) is 0 Å². The van der Waals surface area contributed by atoms with Gasteiger partial charge in [-0.05, 0) is 37.1 Å². The monoisotopic (exact) mass is 289 g/mol. The summed E-state index contributed by atoms with van der Waals surface area (Å²) in [6.45, 7) is 1.02. The highest BCUT2D eigenvalue weighted by Gasteiger charge is 2.21. The third-order valence-corrected chi connectivity index (χ3v) is 3.66. The van der Waals surface area contributed by atoms with Crippen LogP contribution >= 0.6 is 0 Å². The van der Waals surface area contributed by atoms with Crippen LogP contribution in [0.5, 0.6) is 11.5 Å². The molecule has 1 N–H and O–H groups in total. The Hall–Kier alpha value is -2.08. The van der Waals surface area contributed by atoms with Crippen LogP contribution in [0.15, 0.2) is 22.7 Å². The standard InChI is InChI=1S/C15H19N3O3/c1-19-12-6-5-10(8-13(12)20-2)9-14-17-15(18-21-14)11-4-3-7-16-11/h5-6,8,11,16H,3-4,7,9H2,1-2H3. The summed E-state index contributed by atoms with van der Waals surface area (Å²) in [7, 11) is 3.24. The van der Waals surface area contributed by atoms with Crippen molar-refractivity contribution >= 4 is 0 Å². The molecule has 1 saturated heterocycles. The van der Waals surface area contributed by atoms with Crippen LogP contribution < -0.4 is 14.8 Å². The molecular formula is C15H19N3O3. The number of hydrogen-bond acceptors (Lipinski definition) is 6. The molecule has 2 heterocycles. The Morgan fingerprint density at radius 3 is 2.86 bits per heavy atom. The molecule has 1 aromatic carbocycles. The van der Waals surface area contributed by atoms with Gasteiger partial charge in [0.25, 0.3) is 0 Å². The van der Waals surface area contributed by atoms with Gasteiger partial charge in [0.15, 0.2) is 17.3 Å². The largest absolute Gasteiger partial charge is 0.493 e. The van der Waals surface area contributed by atoms with Gasteiger partial charge in [-0.15, -0.1) is 0 Å². The number of aromatic nitrogens is 2. The summed E-state index contributed by atoms with van der Waals surface area (Å²) >= 11 is 0. The van der Waals surface area contributed by atoms with E-state index in [-0.39, 0.29) is 6.04 Å². The van der Waals surface area contributed by atoms with E-state index in [1.54, 1.807) is 14.2 Å². The van der Waals surface area contributed by atoms with Crippen LogP contribution in [0.3, 0.4) is 0 Å². The lowest BCUT2D eigenvalue weighted by Crippen LogP contribution is -2.14. The lowest BCUT2D eigenvalue weighted by Gasteiger charge is -2.08. The quantitative estimate of drug-likeness (QED) is 0.909. The Bertz CT molecular complexity index is 606. The molecule has 3 rings (SSSR count). The third kappa shape index (κ3) is 3.00. The smallest absolute Gasteiger partial charge is 0.231 e. The lowest BCUT2D eigenvalue weighted by molar-refractivity contribution is 0.353. The fourth-order valence-corrected chi connectivity index (χ4v) is 2.55. The van der Waals surface area contributed by atoms with Crippen LogP contribution in [0.25, 0.3) is 0 Å². The highest BCUT2D eigenvalue weighted by molar-refractivity contribution is 5.43. The predicted molar refractivity (Wildman–Crippen MR) is 76.6 cm³/mol. The fraction of sp³-hybridized carbons (Fsp3) is 0.467. The molecule has 1 aromatic heterocycles. The van der Waals surface area contributed by atoms with Gasteiger partial charge >= 0.3 is 0 Å². The second-order valence-corrected chi connectivity index (χ2v) is 5.06. The van der Waals surface area contributed by atoms with E-state index < -0.39 is 0 Å². The topological polar surface area (TPSA) is 69.4 Å². The zero-order valence-electron chi connectivity index (χ0n) is 12.3. The van der Waals surface area contributed by atoms with Crippen molar-refractivity contribution in [1.29, 1.82) is 0 Å². The zero-order chi connectivity index (χ0) is 14.7. The number of benzene rings is 1. The number of ether oxygens (including phenoxy) is 2. The van der Waals surface area contributed by atoms with Gasteiger partial charge in [-0.1, -0.05) is 11.2 Å². The average molecular weight is 289 g/mol. The Kier molecular flexibility index (Phi) is 4.06.